The van der Waals surface area contributed by atoms with Gasteiger partial charge in [-0.2, -0.15) is 0 Å². The van der Waals surface area contributed by atoms with Crippen LogP contribution in [0.3, 0.4) is 0 Å². The molecular formula is C20H22N2OS. The molecule has 0 aliphatic carbocycles. The van der Waals surface area contributed by atoms with Crippen LogP contribution in [0.4, 0.5) is 0 Å². The summed E-state index contributed by atoms with van der Waals surface area (Å²) < 4.78 is 5.86. The van der Waals surface area contributed by atoms with Gasteiger partial charge in [-0.25, -0.2) is 0 Å². The smallest absolute Gasteiger partial charge is 0.127 e. The first kappa shape index (κ1) is 16.7. The first-order chi connectivity index (χ1) is 11.8. The molecule has 0 aliphatic rings. The van der Waals surface area contributed by atoms with Crippen molar-refractivity contribution in [2.75, 3.05) is 0 Å². The van der Waals surface area contributed by atoms with Crippen LogP contribution in [0.2, 0.25) is 0 Å². The van der Waals surface area contributed by atoms with E-state index in [1.165, 1.54) is 10.4 Å². The van der Waals surface area contributed by atoms with Crippen LogP contribution in [0.1, 0.15) is 36.2 Å². The number of hydrogen-bond donors (Lipinski definition) is 1. The Hall–Kier alpha value is -2.17. The maximum atomic E-state index is 5.86. The maximum Gasteiger partial charge on any atom is 0.127 e. The maximum absolute atomic E-state index is 5.86. The van der Waals surface area contributed by atoms with Crippen LogP contribution in [0.25, 0.3) is 0 Å². The molecule has 0 radical (unpaired) electrons. The molecule has 24 heavy (non-hydrogen) atoms. The van der Waals surface area contributed by atoms with E-state index >= 15 is 0 Å². The van der Waals surface area contributed by atoms with Gasteiger partial charge in [0.2, 0.25) is 0 Å². The molecule has 1 heterocycles. The van der Waals surface area contributed by atoms with Gasteiger partial charge in [0.05, 0.1) is 5.51 Å². The van der Waals surface area contributed by atoms with Crippen molar-refractivity contribution >= 4 is 11.3 Å². The Labute approximate surface area is 147 Å². The zero-order valence-corrected chi connectivity index (χ0v) is 14.6. The Morgan fingerprint density at radius 3 is 2.46 bits per heavy atom. The lowest BCUT2D eigenvalue weighted by molar-refractivity contribution is 0.478. The van der Waals surface area contributed by atoms with E-state index in [0.29, 0.717) is 6.04 Å². The van der Waals surface area contributed by atoms with Crippen molar-refractivity contribution in [3.8, 4) is 11.5 Å². The highest BCUT2D eigenvalue weighted by Crippen LogP contribution is 2.25. The summed E-state index contributed by atoms with van der Waals surface area (Å²) in [5.74, 6) is 1.72. The molecule has 124 valence electrons. The summed E-state index contributed by atoms with van der Waals surface area (Å²) in [6, 6.07) is 18.6. The van der Waals surface area contributed by atoms with Crippen LogP contribution < -0.4 is 10.1 Å². The lowest BCUT2D eigenvalue weighted by Crippen LogP contribution is -2.20. The molecule has 2 aromatic carbocycles. The fourth-order valence-electron chi connectivity index (χ4n) is 2.62. The van der Waals surface area contributed by atoms with Gasteiger partial charge in [-0.3, -0.25) is 4.98 Å². The first-order valence-corrected chi connectivity index (χ1v) is 9.16. The van der Waals surface area contributed by atoms with Gasteiger partial charge in [0.1, 0.15) is 11.5 Å². The summed E-state index contributed by atoms with van der Waals surface area (Å²) in [4.78, 5) is 5.40. The molecule has 1 N–H and O–H groups in total. The number of rotatable bonds is 8. The zero-order valence-electron chi connectivity index (χ0n) is 13.8. The van der Waals surface area contributed by atoms with E-state index in [4.69, 9.17) is 4.74 Å². The molecule has 0 spiro atoms. The predicted octanol–water partition coefficient (Wildman–Crippen LogP) is 5.57. The van der Waals surface area contributed by atoms with Gasteiger partial charge in [-0.1, -0.05) is 43.7 Å². The number of aromatic nitrogens is 1. The van der Waals surface area contributed by atoms with Crippen molar-refractivity contribution in [1.82, 2.24) is 10.3 Å². The van der Waals surface area contributed by atoms with E-state index < -0.39 is 0 Å². The molecule has 0 saturated carbocycles. The van der Waals surface area contributed by atoms with Crippen LogP contribution >= 0.6 is 11.3 Å². The van der Waals surface area contributed by atoms with Crippen LogP contribution in [-0.2, 0) is 6.54 Å². The summed E-state index contributed by atoms with van der Waals surface area (Å²) in [5, 5.41) is 3.64. The predicted molar refractivity (Wildman–Crippen MR) is 99.6 cm³/mol. The molecule has 3 aromatic rings. The third kappa shape index (κ3) is 4.66. The quantitative estimate of drug-likeness (QED) is 0.583. The van der Waals surface area contributed by atoms with E-state index in [0.717, 1.165) is 30.9 Å². The van der Waals surface area contributed by atoms with Crippen molar-refractivity contribution in [3.05, 3.63) is 76.7 Å². The fraction of sp³-hybridized carbons (Fsp3) is 0.250. The Morgan fingerprint density at radius 1 is 1.04 bits per heavy atom. The van der Waals surface area contributed by atoms with Crippen LogP contribution in [0, 0.1) is 0 Å². The average molecular weight is 338 g/mol. The summed E-state index contributed by atoms with van der Waals surface area (Å²) >= 11 is 1.69. The van der Waals surface area contributed by atoms with Crippen molar-refractivity contribution in [2.24, 2.45) is 0 Å². The number of hydrogen-bond acceptors (Lipinski definition) is 4. The lowest BCUT2D eigenvalue weighted by Gasteiger charge is -2.18. The highest BCUT2D eigenvalue weighted by Gasteiger charge is 2.11. The molecule has 0 saturated heterocycles. The van der Waals surface area contributed by atoms with E-state index in [2.05, 4.69) is 29.4 Å². The largest absolute Gasteiger partial charge is 0.457 e. The van der Waals surface area contributed by atoms with E-state index in [9.17, 15) is 0 Å². The molecule has 4 heteroatoms. The molecule has 0 aliphatic heterocycles. The summed E-state index contributed by atoms with van der Waals surface area (Å²) in [5.41, 5.74) is 3.17. The highest BCUT2D eigenvalue weighted by molar-refractivity contribution is 7.09. The van der Waals surface area contributed by atoms with Crippen molar-refractivity contribution in [3.63, 3.8) is 0 Å². The van der Waals surface area contributed by atoms with E-state index in [1.807, 2.05) is 54.2 Å². The third-order valence-electron chi connectivity index (χ3n) is 3.84. The SMILES string of the molecule is CCCC(NCc1cncs1)c1ccc(Oc2ccccc2)cc1. The standard InChI is InChI=1S/C20H22N2OS/c1-2-6-20(22-14-19-13-21-15-24-19)16-9-11-18(12-10-16)23-17-7-4-3-5-8-17/h3-5,7-13,15,20,22H,2,6,14H2,1H3. The first-order valence-electron chi connectivity index (χ1n) is 8.29. The summed E-state index contributed by atoms with van der Waals surface area (Å²) in [6.07, 6.45) is 4.18. The number of benzene rings is 2. The van der Waals surface area contributed by atoms with Crippen LogP contribution in [0.5, 0.6) is 11.5 Å². The molecule has 1 atom stereocenters. The van der Waals surface area contributed by atoms with Gasteiger partial charge in [-0.05, 0) is 36.2 Å². The molecule has 1 unspecified atom stereocenters. The normalized spacial score (nSPS) is 12.0. The zero-order chi connectivity index (χ0) is 16.6. The van der Waals surface area contributed by atoms with Crippen LogP contribution in [-0.4, -0.2) is 4.98 Å². The monoisotopic (exact) mass is 338 g/mol. The van der Waals surface area contributed by atoms with E-state index in [-0.39, 0.29) is 0 Å². The number of nitrogens with zero attached hydrogens (tertiary/aromatic N) is 1. The van der Waals surface area contributed by atoms with Gasteiger partial charge in [0, 0.05) is 23.7 Å². The second-order valence-corrected chi connectivity index (χ2v) is 6.64. The Morgan fingerprint density at radius 2 is 1.79 bits per heavy atom. The number of thiazole rings is 1. The average Bonchev–Trinajstić information content (AvgIpc) is 3.14. The molecule has 3 rings (SSSR count). The second kappa shape index (κ2) is 8.62. The van der Waals surface area contributed by atoms with Crippen molar-refractivity contribution in [1.29, 1.82) is 0 Å². The van der Waals surface area contributed by atoms with Crippen molar-refractivity contribution in [2.45, 2.75) is 32.4 Å². The van der Waals surface area contributed by atoms with Gasteiger partial charge in [0.15, 0.2) is 0 Å². The third-order valence-corrected chi connectivity index (χ3v) is 4.62. The van der Waals surface area contributed by atoms with Gasteiger partial charge < -0.3 is 10.1 Å². The van der Waals surface area contributed by atoms with Gasteiger partial charge >= 0.3 is 0 Å². The molecule has 0 amide bonds. The topological polar surface area (TPSA) is 34.2 Å². The Bertz CT molecular complexity index is 711. The Kier molecular flexibility index (Phi) is 5.99. The number of ether oxygens (including phenoxy) is 1. The summed E-state index contributed by atoms with van der Waals surface area (Å²) in [6.45, 7) is 3.08. The highest BCUT2D eigenvalue weighted by atomic mass is 32.1. The number of nitrogens with one attached hydrogen (secondary N) is 1. The Balaban J connectivity index is 1.64. The second-order valence-electron chi connectivity index (χ2n) is 5.67. The molecule has 0 fully saturated rings. The molecular weight excluding hydrogens is 316 g/mol. The van der Waals surface area contributed by atoms with Crippen molar-refractivity contribution < 1.29 is 4.74 Å². The summed E-state index contributed by atoms with van der Waals surface area (Å²) in [7, 11) is 0. The minimum atomic E-state index is 0.350. The van der Waals surface area contributed by atoms with E-state index in [1.54, 1.807) is 11.3 Å². The minimum absolute atomic E-state index is 0.350. The van der Waals surface area contributed by atoms with Gasteiger partial charge in [0.25, 0.3) is 0 Å². The van der Waals surface area contributed by atoms with Crippen LogP contribution in [0.15, 0.2) is 66.3 Å². The lowest BCUT2D eigenvalue weighted by atomic mass is 10.0. The fourth-order valence-corrected chi connectivity index (χ4v) is 3.17. The molecule has 1 aromatic heterocycles. The number of para-hydroxylation sites is 1. The van der Waals surface area contributed by atoms with Gasteiger partial charge in [-0.15, -0.1) is 11.3 Å². The molecule has 0 bridgehead atoms. The molecule has 3 nitrogen and oxygen atoms in total. The minimum Gasteiger partial charge on any atom is -0.457 e.